The highest BCUT2D eigenvalue weighted by Gasteiger charge is 2.38. The fourth-order valence-corrected chi connectivity index (χ4v) is 3.12. The minimum absolute atomic E-state index is 0.117. The van der Waals surface area contributed by atoms with Gasteiger partial charge in [-0.3, -0.25) is 0 Å². The first-order valence-electron chi connectivity index (χ1n) is 7.01. The van der Waals surface area contributed by atoms with Crippen LogP contribution in [0, 0.1) is 0 Å². The van der Waals surface area contributed by atoms with E-state index in [2.05, 4.69) is 62.2 Å². The predicted octanol–water partition coefficient (Wildman–Crippen LogP) is 2.80. The minimum Gasteiger partial charge on any atom is -0.366 e. The summed E-state index contributed by atoms with van der Waals surface area (Å²) >= 11 is 0. The number of rotatable bonds is 3. The van der Waals surface area contributed by atoms with Crippen LogP contribution in [0.5, 0.6) is 0 Å². The SMILES string of the molecule is CNCc1ccccc1N1CC(C)(C)OC(C)(C)C1. The number of anilines is 1. The number of hydrogen-bond donors (Lipinski definition) is 1. The molecule has 1 saturated heterocycles. The first-order valence-corrected chi connectivity index (χ1v) is 7.01. The number of hydrogen-bond acceptors (Lipinski definition) is 3. The number of morpholine rings is 1. The van der Waals surface area contributed by atoms with E-state index in [1.165, 1.54) is 11.3 Å². The summed E-state index contributed by atoms with van der Waals surface area (Å²) in [5, 5.41) is 3.25. The first kappa shape index (κ1) is 14.4. The van der Waals surface area contributed by atoms with Crippen molar-refractivity contribution in [1.29, 1.82) is 0 Å². The topological polar surface area (TPSA) is 24.5 Å². The lowest BCUT2D eigenvalue weighted by Crippen LogP contribution is -2.57. The standard InChI is InChI=1S/C16H26N2O/c1-15(2)11-18(12-16(3,4)19-15)14-9-7-6-8-13(14)10-17-5/h6-9,17H,10-12H2,1-5H3. The lowest BCUT2D eigenvalue weighted by atomic mass is 9.97. The molecule has 1 heterocycles. The van der Waals surface area contributed by atoms with Crippen LogP contribution >= 0.6 is 0 Å². The number of nitrogens with zero attached hydrogens (tertiary/aromatic N) is 1. The van der Waals surface area contributed by atoms with Gasteiger partial charge in [0.25, 0.3) is 0 Å². The number of para-hydroxylation sites is 1. The van der Waals surface area contributed by atoms with Gasteiger partial charge in [0.1, 0.15) is 0 Å². The van der Waals surface area contributed by atoms with Crippen LogP contribution in [0.3, 0.4) is 0 Å². The normalized spacial score (nSPS) is 21.4. The maximum atomic E-state index is 6.16. The van der Waals surface area contributed by atoms with Gasteiger partial charge in [-0.2, -0.15) is 0 Å². The Hall–Kier alpha value is -1.06. The predicted molar refractivity (Wildman–Crippen MR) is 80.7 cm³/mol. The molecule has 0 unspecified atom stereocenters. The molecular formula is C16H26N2O. The minimum atomic E-state index is -0.117. The number of benzene rings is 1. The summed E-state index contributed by atoms with van der Waals surface area (Å²) in [4.78, 5) is 2.45. The Kier molecular flexibility index (Phi) is 3.88. The molecule has 0 bridgehead atoms. The zero-order valence-corrected chi connectivity index (χ0v) is 12.8. The molecule has 3 nitrogen and oxygen atoms in total. The van der Waals surface area contributed by atoms with E-state index in [4.69, 9.17) is 4.74 Å². The molecule has 0 amide bonds. The molecule has 3 heteroatoms. The lowest BCUT2D eigenvalue weighted by Gasteiger charge is -2.48. The molecular weight excluding hydrogens is 236 g/mol. The Bertz CT molecular complexity index is 424. The van der Waals surface area contributed by atoms with Crippen molar-refractivity contribution >= 4 is 5.69 Å². The summed E-state index contributed by atoms with van der Waals surface area (Å²) in [5.41, 5.74) is 2.43. The molecule has 19 heavy (non-hydrogen) atoms. The van der Waals surface area contributed by atoms with Gasteiger partial charge in [0.15, 0.2) is 0 Å². The molecule has 1 aromatic rings. The zero-order chi connectivity index (χ0) is 14.1. The van der Waals surface area contributed by atoms with Crippen molar-refractivity contribution in [2.45, 2.75) is 45.4 Å². The largest absolute Gasteiger partial charge is 0.366 e. The fraction of sp³-hybridized carbons (Fsp3) is 0.625. The molecule has 0 aromatic heterocycles. The third-order valence-corrected chi connectivity index (χ3v) is 3.40. The Balaban J connectivity index is 2.30. The highest BCUT2D eigenvalue weighted by atomic mass is 16.5. The molecule has 0 radical (unpaired) electrons. The second-order valence-electron chi connectivity index (χ2n) is 6.64. The Morgan fingerprint density at radius 1 is 1.11 bits per heavy atom. The van der Waals surface area contributed by atoms with Crippen LogP contribution in [-0.4, -0.2) is 31.3 Å². The summed E-state index contributed by atoms with van der Waals surface area (Å²) in [7, 11) is 1.99. The van der Waals surface area contributed by atoms with E-state index in [9.17, 15) is 0 Å². The van der Waals surface area contributed by atoms with Crippen LogP contribution in [0.4, 0.5) is 5.69 Å². The van der Waals surface area contributed by atoms with Gasteiger partial charge in [0, 0.05) is 25.3 Å². The van der Waals surface area contributed by atoms with Gasteiger partial charge in [0.05, 0.1) is 11.2 Å². The molecule has 0 atom stereocenters. The monoisotopic (exact) mass is 262 g/mol. The molecule has 0 aliphatic carbocycles. The maximum absolute atomic E-state index is 6.16. The second kappa shape index (κ2) is 5.14. The molecule has 2 rings (SSSR count). The van der Waals surface area contributed by atoms with Crippen LogP contribution in [0.15, 0.2) is 24.3 Å². The van der Waals surface area contributed by atoms with E-state index in [0.29, 0.717) is 0 Å². The Morgan fingerprint density at radius 3 is 2.26 bits per heavy atom. The lowest BCUT2D eigenvalue weighted by molar-refractivity contribution is -0.133. The first-order chi connectivity index (χ1) is 8.83. The van der Waals surface area contributed by atoms with Crippen molar-refractivity contribution in [3.63, 3.8) is 0 Å². The number of ether oxygens (including phenoxy) is 1. The Morgan fingerprint density at radius 2 is 1.68 bits per heavy atom. The second-order valence-corrected chi connectivity index (χ2v) is 6.64. The van der Waals surface area contributed by atoms with Gasteiger partial charge in [-0.1, -0.05) is 18.2 Å². The van der Waals surface area contributed by atoms with Crippen LogP contribution in [-0.2, 0) is 11.3 Å². The third kappa shape index (κ3) is 3.48. The summed E-state index contributed by atoms with van der Waals surface area (Å²) in [6.07, 6.45) is 0. The van der Waals surface area contributed by atoms with Gasteiger partial charge in [-0.15, -0.1) is 0 Å². The van der Waals surface area contributed by atoms with E-state index >= 15 is 0 Å². The highest BCUT2D eigenvalue weighted by Crippen LogP contribution is 2.32. The molecule has 0 spiro atoms. The van der Waals surface area contributed by atoms with E-state index in [0.717, 1.165) is 19.6 Å². The molecule has 1 fully saturated rings. The summed E-state index contributed by atoms with van der Waals surface area (Å²) in [5.74, 6) is 0. The van der Waals surface area contributed by atoms with Gasteiger partial charge >= 0.3 is 0 Å². The van der Waals surface area contributed by atoms with Crippen molar-refractivity contribution in [2.75, 3.05) is 25.0 Å². The van der Waals surface area contributed by atoms with Crippen molar-refractivity contribution in [1.82, 2.24) is 5.32 Å². The maximum Gasteiger partial charge on any atom is 0.0808 e. The zero-order valence-electron chi connectivity index (χ0n) is 12.8. The average Bonchev–Trinajstić information content (AvgIpc) is 2.26. The third-order valence-electron chi connectivity index (χ3n) is 3.40. The molecule has 1 N–H and O–H groups in total. The van der Waals surface area contributed by atoms with E-state index in [-0.39, 0.29) is 11.2 Å². The van der Waals surface area contributed by atoms with Gasteiger partial charge in [-0.25, -0.2) is 0 Å². The van der Waals surface area contributed by atoms with Gasteiger partial charge in [-0.05, 0) is 46.4 Å². The highest BCUT2D eigenvalue weighted by molar-refractivity contribution is 5.54. The van der Waals surface area contributed by atoms with Crippen molar-refractivity contribution < 1.29 is 4.74 Å². The Labute approximate surface area is 116 Å². The van der Waals surface area contributed by atoms with Crippen molar-refractivity contribution in [2.24, 2.45) is 0 Å². The molecule has 0 saturated carbocycles. The molecule has 1 aliphatic rings. The van der Waals surface area contributed by atoms with Gasteiger partial charge in [0.2, 0.25) is 0 Å². The van der Waals surface area contributed by atoms with Crippen molar-refractivity contribution in [3.05, 3.63) is 29.8 Å². The van der Waals surface area contributed by atoms with Gasteiger partial charge < -0.3 is 15.0 Å². The van der Waals surface area contributed by atoms with E-state index in [1.54, 1.807) is 0 Å². The van der Waals surface area contributed by atoms with E-state index < -0.39 is 0 Å². The van der Waals surface area contributed by atoms with E-state index in [1.807, 2.05) is 7.05 Å². The summed E-state index contributed by atoms with van der Waals surface area (Å²) in [6.45, 7) is 11.4. The smallest absolute Gasteiger partial charge is 0.0808 e. The molecule has 1 aliphatic heterocycles. The summed E-state index contributed by atoms with van der Waals surface area (Å²) < 4.78 is 6.16. The quantitative estimate of drug-likeness (QED) is 0.906. The van der Waals surface area contributed by atoms with Crippen LogP contribution < -0.4 is 10.2 Å². The van der Waals surface area contributed by atoms with Crippen LogP contribution in [0.2, 0.25) is 0 Å². The van der Waals surface area contributed by atoms with Crippen LogP contribution in [0.25, 0.3) is 0 Å². The molecule has 1 aromatic carbocycles. The molecule has 106 valence electrons. The average molecular weight is 262 g/mol. The van der Waals surface area contributed by atoms with Crippen LogP contribution in [0.1, 0.15) is 33.3 Å². The fourth-order valence-electron chi connectivity index (χ4n) is 3.12. The summed E-state index contributed by atoms with van der Waals surface area (Å²) in [6, 6.07) is 8.63. The van der Waals surface area contributed by atoms with Crippen molar-refractivity contribution in [3.8, 4) is 0 Å². The number of nitrogens with one attached hydrogen (secondary N) is 1.